The van der Waals surface area contributed by atoms with Crippen LogP contribution in [0.5, 0.6) is 0 Å². The number of para-hydroxylation sites is 2. The number of amides is 1. The van der Waals surface area contributed by atoms with Gasteiger partial charge in [-0.3, -0.25) is 4.79 Å². The van der Waals surface area contributed by atoms with Gasteiger partial charge in [-0.2, -0.15) is 0 Å². The van der Waals surface area contributed by atoms with Crippen molar-refractivity contribution in [1.29, 1.82) is 0 Å². The van der Waals surface area contributed by atoms with E-state index in [4.69, 9.17) is 0 Å². The number of carbonyl (C=O) groups is 1. The Kier molecular flexibility index (Phi) is 4.34. The summed E-state index contributed by atoms with van der Waals surface area (Å²) < 4.78 is 15.0. The van der Waals surface area contributed by atoms with Gasteiger partial charge in [0.2, 0.25) is 0 Å². The molecule has 0 fully saturated rings. The van der Waals surface area contributed by atoms with E-state index < -0.39 is 0 Å². The number of nitrogens with one attached hydrogen (secondary N) is 1. The highest BCUT2D eigenvalue weighted by Gasteiger charge is 2.24. The lowest BCUT2D eigenvalue weighted by Gasteiger charge is -2.22. The first-order valence-electron chi connectivity index (χ1n) is 7.95. The standard InChI is InChI=1S/C19H20FN3O/c1-12(2)17(22-19(24)13-8-10-14(20)11-9-13)18-21-15-6-4-5-7-16(15)23(18)3/h4-12,17H,1-3H3,(H,22,24)/t17-/m1/s1. The molecule has 2 aromatic carbocycles. The molecule has 24 heavy (non-hydrogen) atoms. The fourth-order valence-corrected chi connectivity index (χ4v) is 2.80. The van der Waals surface area contributed by atoms with E-state index in [-0.39, 0.29) is 23.7 Å². The van der Waals surface area contributed by atoms with Crippen LogP contribution in [0.4, 0.5) is 4.39 Å². The van der Waals surface area contributed by atoms with Gasteiger partial charge in [-0.05, 0) is 42.3 Å². The summed E-state index contributed by atoms with van der Waals surface area (Å²) in [5.41, 5.74) is 2.35. The second-order valence-electron chi connectivity index (χ2n) is 6.22. The van der Waals surface area contributed by atoms with E-state index in [9.17, 15) is 9.18 Å². The number of fused-ring (bicyclic) bond motifs is 1. The first kappa shape index (κ1) is 16.2. The fraction of sp³-hybridized carbons (Fsp3) is 0.263. The predicted octanol–water partition coefficient (Wildman–Crippen LogP) is 3.84. The lowest BCUT2D eigenvalue weighted by molar-refractivity contribution is 0.0922. The van der Waals surface area contributed by atoms with Gasteiger partial charge in [0.05, 0.1) is 17.1 Å². The lowest BCUT2D eigenvalue weighted by Crippen LogP contribution is -2.33. The summed E-state index contributed by atoms with van der Waals surface area (Å²) in [4.78, 5) is 17.2. The number of benzene rings is 2. The molecule has 3 aromatic rings. The number of halogens is 1. The van der Waals surface area contributed by atoms with Crippen LogP contribution < -0.4 is 5.32 Å². The lowest BCUT2D eigenvalue weighted by atomic mass is 10.0. The molecule has 0 aliphatic rings. The van der Waals surface area contributed by atoms with E-state index in [0.29, 0.717) is 5.56 Å². The zero-order valence-electron chi connectivity index (χ0n) is 14.0. The van der Waals surface area contributed by atoms with Gasteiger partial charge in [0.15, 0.2) is 0 Å². The number of carbonyl (C=O) groups excluding carboxylic acids is 1. The molecule has 124 valence electrons. The molecule has 4 nitrogen and oxygen atoms in total. The minimum absolute atomic E-state index is 0.157. The van der Waals surface area contributed by atoms with E-state index in [2.05, 4.69) is 10.3 Å². The van der Waals surface area contributed by atoms with Crippen LogP contribution in [0.1, 0.15) is 36.1 Å². The fourth-order valence-electron chi connectivity index (χ4n) is 2.80. The Labute approximate surface area is 140 Å². The van der Waals surface area contributed by atoms with Crippen LogP contribution in [0.2, 0.25) is 0 Å². The number of rotatable bonds is 4. The summed E-state index contributed by atoms with van der Waals surface area (Å²) in [7, 11) is 1.95. The molecule has 0 spiro atoms. The second kappa shape index (κ2) is 6.43. The summed E-state index contributed by atoms with van der Waals surface area (Å²) in [6, 6.07) is 13.2. The molecule has 1 heterocycles. The number of imidazole rings is 1. The highest BCUT2D eigenvalue weighted by Crippen LogP contribution is 2.25. The minimum Gasteiger partial charge on any atom is -0.342 e. The maximum Gasteiger partial charge on any atom is 0.251 e. The Balaban J connectivity index is 1.93. The largest absolute Gasteiger partial charge is 0.342 e. The average molecular weight is 325 g/mol. The molecule has 1 aromatic heterocycles. The summed E-state index contributed by atoms with van der Waals surface area (Å²) in [6.45, 7) is 4.07. The van der Waals surface area contributed by atoms with Crippen molar-refractivity contribution in [3.63, 3.8) is 0 Å². The summed E-state index contributed by atoms with van der Waals surface area (Å²) >= 11 is 0. The molecule has 1 amide bonds. The molecule has 0 unspecified atom stereocenters. The molecule has 0 saturated carbocycles. The van der Waals surface area contributed by atoms with Gasteiger partial charge in [-0.1, -0.05) is 26.0 Å². The molecule has 1 atom stereocenters. The van der Waals surface area contributed by atoms with E-state index in [0.717, 1.165) is 16.9 Å². The van der Waals surface area contributed by atoms with Crippen LogP contribution in [0.25, 0.3) is 11.0 Å². The van der Waals surface area contributed by atoms with Gasteiger partial charge in [0, 0.05) is 12.6 Å². The van der Waals surface area contributed by atoms with Crippen LogP contribution >= 0.6 is 0 Å². The molecule has 0 bridgehead atoms. The maximum absolute atomic E-state index is 13.0. The number of nitrogens with zero attached hydrogens (tertiary/aromatic N) is 2. The molecule has 0 saturated heterocycles. The molecular formula is C19H20FN3O. The van der Waals surface area contributed by atoms with Gasteiger partial charge in [0.1, 0.15) is 11.6 Å². The van der Waals surface area contributed by atoms with Crippen molar-refractivity contribution in [3.05, 3.63) is 65.7 Å². The third-order valence-electron chi connectivity index (χ3n) is 4.16. The Bertz CT molecular complexity index is 868. The number of aromatic nitrogens is 2. The zero-order valence-corrected chi connectivity index (χ0v) is 14.0. The molecule has 3 rings (SSSR count). The van der Waals surface area contributed by atoms with E-state index >= 15 is 0 Å². The van der Waals surface area contributed by atoms with Gasteiger partial charge >= 0.3 is 0 Å². The molecular weight excluding hydrogens is 305 g/mol. The highest BCUT2D eigenvalue weighted by molar-refractivity contribution is 5.94. The van der Waals surface area contributed by atoms with Crippen LogP contribution in [-0.2, 0) is 7.05 Å². The van der Waals surface area contributed by atoms with Crippen molar-refractivity contribution in [2.75, 3.05) is 0 Å². The third-order valence-corrected chi connectivity index (χ3v) is 4.16. The molecule has 0 aliphatic heterocycles. The first-order chi connectivity index (χ1) is 11.5. The van der Waals surface area contributed by atoms with Crippen molar-refractivity contribution in [2.24, 2.45) is 13.0 Å². The SMILES string of the molecule is CC(C)[C@@H](NC(=O)c1ccc(F)cc1)c1nc2ccccc2n1C. The zero-order chi connectivity index (χ0) is 17.3. The molecule has 5 heteroatoms. The van der Waals surface area contributed by atoms with Crippen molar-refractivity contribution < 1.29 is 9.18 Å². The number of hydrogen-bond acceptors (Lipinski definition) is 2. The predicted molar refractivity (Wildman–Crippen MR) is 92.2 cm³/mol. The van der Waals surface area contributed by atoms with Crippen LogP contribution in [0.15, 0.2) is 48.5 Å². The normalized spacial score (nSPS) is 12.5. The van der Waals surface area contributed by atoms with Crippen molar-refractivity contribution in [1.82, 2.24) is 14.9 Å². The van der Waals surface area contributed by atoms with Gasteiger partial charge < -0.3 is 9.88 Å². The number of aryl methyl sites for hydroxylation is 1. The summed E-state index contributed by atoms with van der Waals surface area (Å²) in [5.74, 6) is 0.370. The maximum atomic E-state index is 13.0. The van der Waals surface area contributed by atoms with E-state index in [1.807, 2.05) is 49.7 Å². The Morgan fingerprint density at radius 3 is 2.42 bits per heavy atom. The van der Waals surface area contributed by atoms with Crippen molar-refractivity contribution >= 4 is 16.9 Å². The van der Waals surface area contributed by atoms with Crippen LogP contribution in [0.3, 0.4) is 0 Å². The Hall–Kier alpha value is -2.69. The third kappa shape index (κ3) is 3.02. The minimum atomic E-state index is -0.359. The van der Waals surface area contributed by atoms with E-state index in [1.165, 1.54) is 24.3 Å². The van der Waals surface area contributed by atoms with Gasteiger partial charge in [-0.15, -0.1) is 0 Å². The van der Waals surface area contributed by atoms with Crippen molar-refractivity contribution in [2.45, 2.75) is 19.9 Å². The van der Waals surface area contributed by atoms with Crippen molar-refractivity contribution in [3.8, 4) is 0 Å². The molecule has 0 aliphatic carbocycles. The van der Waals surface area contributed by atoms with Gasteiger partial charge in [0.25, 0.3) is 5.91 Å². The second-order valence-corrected chi connectivity index (χ2v) is 6.22. The number of hydrogen-bond donors (Lipinski definition) is 1. The quantitative estimate of drug-likeness (QED) is 0.792. The smallest absolute Gasteiger partial charge is 0.251 e. The monoisotopic (exact) mass is 325 g/mol. The van der Waals surface area contributed by atoms with Crippen LogP contribution in [-0.4, -0.2) is 15.5 Å². The summed E-state index contributed by atoms with van der Waals surface area (Å²) in [5, 5.41) is 3.03. The van der Waals surface area contributed by atoms with E-state index in [1.54, 1.807) is 0 Å². The Morgan fingerprint density at radius 1 is 1.12 bits per heavy atom. The highest BCUT2D eigenvalue weighted by atomic mass is 19.1. The average Bonchev–Trinajstić information content (AvgIpc) is 2.90. The van der Waals surface area contributed by atoms with Gasteiger partial charge in [-0.25, -0.2) is 9.37 Å². The first-order valence-corrected chi connectivity index (χ1v) is 7.95. The topological polar surface area (TPSA) is 46.9 Å². The molecule has 0 radical (unpaired) electrons. The Morgan fingerprint density at radius 2 is 1.79 bits per heavy atom. The van der Waals surface area contributed by atoms with Crippen LogP contribution in [0, 0.1) is 11.7 Å². The molecule has 1 N–H and O–H groups in total. The summed E-state index contributed by atoms with van der Waals surface area (Å²) in [6.07, 6.45) is 0.